The second-order valence-electron chi connectivity index (χ2n) is 6.44. The molecule has 0 spiro atoms. The lowest BCUT2D eigenvalue weighted by Crippen LogP contribution is -2.29. The van der Waals surface area contributed by atoms with Gasteiger partial charge in [0.2, 0.25) is 0 Å². The first-order valence-corrected chi connectivity index (χ1v) is 6.89. The molecule has 0 aromatic carbocycles. The Hall–Kier alpha value is -1.46. The summed E-state index contributed by atoms with van der Waals surface area (Å²) in [5, 5.41) is 21.1. The third-order valence-electron chi connectivity index (χ3n) is 3.90. The van der Waals surface area contributed by atoms with Crippen LogP contribution in [0.25, 0.3) is 0 Å². The summed E-state index contributed by atoms with van der Waals surface area (Å²) in [5.74, 6) is 0.431. The molecule has 106 valence electrons. The number of aromatic nitrogens is 4. The fourth-order valence-corrected chi connectivity index (χ4v) is 2.80. The number of hydrogen-bond acceptors (Lipinski definition) is 4. The van der Waals surface area contributed by atoms with Crippen molar-refractivity contribution in [3.05, 3.63) is 5.82 Å². The molecule has 1 aliphatic rings. The molecular weight excluding hydrogens is 244 g/mol. The van der Waals surface area contributed by atoms with Gasteiger partial charge in [0.25, 0.3) is 0 Å². The van der Waals surface area contributed by atoms with E-state index in [-0.39, 0.29) is 17.9 Å². The summed E-state index contributed by atoms with van der Waals surface area (Å²) >= 11 is 0. The molecule has 0 bridgehead atoms. The van der Waals surface area contributed by atoms with Gasteiger partial charge in [-0.15, -0.1) is 5.10 Å². The molecule has 1 unspecified atom stereocenters. The van der Waals surface area contributed by atoms with Crippen molar-refractivity contribution in [3.63, 3.8) is 0 Å². The second kappa shape index (κ2) is 5.27. The molecule has 0 saturated heterocycles. The average Bonchev–Trinajstić information content (AvgIpc) is 2.94. The number of carbonyl (C=O) groups is 1. The number of carboxylic acid groups (broad SMARTS) is 1. The fraction of sp³-hybridized carbons (Fsp3) is 0.846. The first-order valence-electron chi connectivity index (χ1n) is 6.89. The minimum absolute atomic E-state index is 0.0499. The van der Waals surface area contributed by atoms with Crippen LogP contribution < -0.4 is 0 Å². The predicted octanol–water partition coefficient (Wildman–Crippen LogP) is 2.39. The van der Waals surface area contributed by atoms with Gasteiger partial charge in [-0.1, -0.05) is 33.6 Å². The van der Waals surface area contributed by atoms with Gasteiger partial charge >= 0.3 is 5.97 Å². The van der Waals surface area contributed by atoms with E-state index in [0.29, 0.717) is 5.92 Å². The summed E-state index contributed by atoms with van der Waals surface area (Å²) in [6.45, 7) is 6.09. The molecule has 1 N–H and O–H groups in total. The topological polar surface area (TPSA) is 80.9 Å². The van der Waals surface area contributed by atoms with Gasteiger partial charge in [-0.05, 0) is 28.7 Å². The smallest absolute Gasteiger partial charge is 0.305 e. The molecule has 1 heterocycles. The van der Waals surface area contributed by atoms with Crippen LogP contribution in [0.2, 0.25) is 0 Å². The molecule has 1 aliphatic carbocycles. The number of carboxylic acids is 1. The van der Waals surface area contributed by atoms with Crippen molar-refractivity contribution in [1.82, 2.24) is 20.2 Å². The van der Waals surface area contributed by atoms with Crippen molar-refractivity contribution in [2.75, 3.05) is 0 Å². The molecule has 1 atom stereocenters. The predicted molar refractivity (Wildman–Crippen MR) is 69.8 cm³/mol. The standard InChI is InChI=1S/C13H22N4O2/c1-13(2,3)10(8-11(18)19)17-12(14-15-16-17)9-6-4-5-7-9/h9-10H,4-8H2,1-3H3,(H,18,19). The van der Waals surface area contributed by atoms with Crippen LogP contribution >= 0.6 is 0 Å². The monoisotopic (exact) mass is 266 g/mol. The van der Waals surface area contributed by atoms with E-state index in [4.69, 9.17) is 5.11 Å². The van der Waals surface area contributed by atoms with Crippen LogP contribution in [-0.2, 0) is 4.79 Å². The Kier molecular flexibility index (Phi) is 3.87. The number of tetrazole rings is 1. The van der Waals surface area contributed by atoms with Crippen molar-refractivity contribution >= 4 is 5.97 Å². The average molecular weight is 266 g/mol. The molecule has 0 aliphatic heterocycles. The third-order valence-corrected chi connectivity index (χ3v) is 3.90. The highest BCUT2D eigenvalue weighted by atomic mass is 16.4. The highest BCUT2D eigenvalue weighted by Gasteiger charge is 2.34. The highest BCUT2D eigenvalue weighted by molar-refractivity contribution is 5.67. The zero-order chi connectivity index (χ0) is 14.0. The van der Waals surface area contributed by atoms with E-state index in [1.165, 1.54) is 12.8 Å². The summed E-state index contributed by atoms with van der Waals surface area (Å²) in [4.78, 5) is 11.1. The summed E-state index contributed by atoms with van der Waals surface area (Å²) < 4.78 is 1.75. The van der Waals surface area contributed by atoms with Crippen LogP contribution in [0.15, 0.2) is 0 Å². The van der Waals surface area contributed by atoms with Crippen LogP contribution in [0.4, 0.5) is 0 Å². The Bertz CT molecular complexity index is 444. The lowest BCUT2D eigenvalue weighted by molar-refractivity contribution is -0.138. The molecule has 0 radical (unpaired) electrons. The third kappa shape index (κ3) is 3.11. The van der Waals surface area contributed by atoms with Gasteiger partial charge in [0, 0.05) is 5.92 Å². The van der Waals surface area contributed by atoms with E-state index in [9.17, 15) is 4.79 Å². The molecule has 1 saturated carbocycles. The lowest BCUT2D eigenvalue weighted by atomic mass is 9.84. The minimum atomic E-state index is -0.812. The quantitative estimate of drug-likeness (QED) is 0.905. The first-order chi connectivity index (χ1) is 8.89. The summed E-state index contributed by atoms with van der Waals surface area (Å²) in [5.41, 5.74) is -0.193. The van der Waals surface area contributed by atoms with Gasteiger partial charge in [-0.3, -0.25) is 4.79 Å². The number of aliphatic carboxylic acids is 1. The molecule has 1 fully saturated rings. The molecule has 2 rings (SSSR count). The molecule has 0 amide bonds. The lowest BCUT2D eigenvalue weighted by Gasteiger charge is -2.30. The Labute approximate surface area is 113 Å². The number of hydrogen-bond donors (Lipinski definition) is 1. The summed E-state index contributed by atoms with van der Waals surface area (Å²) in [6, 6.07) is -0.212. The molecule has 19 heavy (non-hydrogen) atoms. The van der Waals surface area contributed by atoms with Crippen LogP contribution in [0.5, 0.6) is 0 Å². The molecule has 6 heteroatoms. The van der Waals surface area contributed by atoms with Gasteiger partial charge in [0.15, 0.2) is 5.82 Å². The molecular formula is C13H22N4O2. The van der Waals surface area contributed by atoms with Crippen LogP contribution in [0.3, 0.4) is 0 Å². The zero-order valence-corrected chi connectivity index (χ0v) is 11.8. The van der Waals surface area contributed by atoms with Crippen molar-refractivity contribution in [2.45, 2.75) is 64.8 Å². The van der Waals surface area contributed by atoms with Crippen molar-refractivity contribution in [1.29, 1.82) is 0 Å². The Morgan fingerprint density at radius 1 is 1.42 bits per heavy atom. The number of rotatable bonds is 4. The zero-order valence-electron chi connectivity index (χ0n) is 11.8. The summed E-state index contributed by atoms with van der Waals surface area (Å²) in [7, 11) is 0. The largest absolute Gasteiger partial charge is 0.481 e. The number of nitrogens with zero attached hydrogens (tertiary/aromatic N) is 4. The van der Waals surface area contributed by atoms with Gasteiger partial charge < -0.3 is 5.11 Å². The first kappa shape index (κ1) is 14.0. The maximum absolute atomic E-state index is 11.1. The molecule has 6 nitrogen and oxygen atoms in total. The van der Waals surface area contributed by atoms with Crippen molar-refractivity contribution in [3.8, 4) is 0 Å². The van der Waals surface area contributed by atoms with E-state index >= 15 is 0 Å². The van der Waals surface area contributed by atoms with Gasteiger partial charge in [-0.2, -0.15) is 0 Å². The van der Waals surface area contributed by atoms with Gasteiger partial charge in [-0.25, -0.2) is 4.68 Å². The fourth-order valence-electron chi connectivity index (χ4n) is 2.80. The second-order valence-corrected chi connectivity index (χ2v) is 6.44. The normalized spacial score (nSPS) is 18.7. The Morgan fingerprint density at radius 3 is 2.58 bits per heavy atom. The van der Waals surface area contributed by atoms with Crippen LogP contribution in [0.1, 0.15) is 70.7 Å². The van der Waals surface area contributed by atoms with E-state index in [2.05, 4.69) is 15.5 Å². The Balaban J connectivity index is 2.31. The molecule has 1 aromatic rings. The maximum atomic E-state index is 11.1. The SMILES string of the molecule is CC(C)(C)C(CC(=O)O)n1nnnc1C1CCCC1. The van der Waals surface area contributed by atoms with Crippen molar-refractivity contribution < 1.29 is 9.90 Å². The maximum Gasteiger partial charge on any atom is 0.305 e. The van der Waals surface area contributed by atoms with E-state index in [1.54, 1.807) is 4.68 Å². The van der Waals surface area contributed by atoms with Gasteiger partial charge in [0.05, 0.1) is 12.5 Å². The molecule has 1 aromatic heterocycles. The van der Waals surface area contributed by atoms with Crippen LogP contribution in [-0.4, -0.2) is 31.3 Å². The van der Waals surface area contributed by atoms with E-state index in [1.807, 2.05) is 20.8 Å². The van der Waals surface area contributed by atoms with Gasteiger partial charge in [0.1, 0.15) is 0 Å². The summed E-state index contributed by atoms with van der Waals surface area (Å²) in [6.07, 6.45) is 4.66. The van der Waals surface area contributed by atoms with Crippen molar-refractivity contribution in [2.24, 2.45) is 5.41 Å². The van der Waals surface area contributed by atoms with E-state index < -0.39 is 5.97 Å². The Morgan fingerprint density at radius 2 is 2.05 bits per heavy atom. The van der Waals surface area contributed by atoms with Crippen LogP contribution in [0, 0.1) is 5.41 Å². The van der Waals surface area contributed by atoms with E-state index in [0.717, 1.165) is 18.7 Å². The minimum Gasteiger partial charge on any atom is -0.481 e. The highest BCUT2D eigenvalue weighted by Crippen LogP contribution is 2.38.